The number of carbonyl (C=O) groups is 1. The molecule has 2 aromatic carbocycles. The SMILES string of the molecule is CCCCC(C)NC[C@@H](O)[C@H](Cc1ccccc1)NC(=O)c1ccccc1. The lowest BCUT2D eigenvalue weighted by molar-refractivity contribution is 0.0825. The van der Waals surface area contributed by atoms with Crippen molar-refractivity contribution in [2.24, 2.45) is 0 Å². The van der Waals surface area contributed by atoms with Gasteiger partial charge in [-0.05, 0) is 37.5 Å². The Balaban J connectivity index is 2.01. The van der Waals surface area contributed by atoms with E-state index in [9.17, 15) is 9.90 Å². The van der Waals surface area contributed by atoms with Crippen LogP contribution in [0.25, 0.3) is 0 Å². The number of carbonyl (C=O) groups excluding carboxylic acids is 1. The molecule has 0 saturated carbocycles. The van der Waals surface area contributed by atoms with Crippen molar-refractivity contribution in [2.75, 3.05) is 6.54 Å². The summed E-state index contributed by atoms with van der Waals surface area (Å²) in [7, 11) is 0. The Morgan fingerprint density at radius 3 is 2.30 bits per heavy atom. The van der Waals surface area contributed by atoms with Gasteiger partial charge in [0.15, 0.2) is 0 Å². The fourth-order valence-corrected chi connectivity index (χ4v) is 3.07. The normalized spacial score (nSPS) is 14.3. The van der Waals surface area contributed by atoms with Crippen molar-refractivity contribution in [3.8, 4) is 0 Å². The van der Waals surface area contributed by atoms with E-state index in [1.165, 1.54) is 12.8 Å². The lowest BCUT2D eigenvalue weighted by atomic mass is 10.00. The summed E-state index contributed by atoms with van der Waals surface area (Å²) in [6.45, 7) is 4.77. The molecule has 4 heteroatoms. The first kappa shape index (κ1) is 21.1. The molecule has 1 amide bonds. The second-order valence-electron chi connectivity index (χ2n) is 7.15. The van der Waals surface area contributed by atoms with E-state index in [0.29, 0.717) is 24.6 Å². The number of rotatable bonds is 11. The number of hydrogen-bond donors (Lipinski definition) is 3. The summed E-state index contributed by atoms with van der Waals surface area (Å²) in [6.07, 6.45) is 3.34. The van der Waals surface area contributed by atoms with Crippen LogP contribution in [0.4, 0.5) is 0 Å². The quantitative estimate of drug-likeness (QED) is 0.568. The molecule has 0 aliphatic carbocycles. The molecule has 3 atom stereocenters. The summed E-state index contributed by atoms with van der Waals surface area (Å²) in [4.78, 5) is 12.6. The van der Waals surface area contributed by atoms with Gasteiger partial charge >= 0.3 is 0 Å². The van der Waals surface area contributed by atoms with Crippen molar-refractivity contribution in [3.05, 3.63) is 71.8 Å². The Bertz CT molecular complexity index is 661. The number of aliphatic hydroxyl groups is 1. The summed E-state index contributed by atoms with van der Waals surface area (Å²) in [5, 5.41) is 17.2. The van der Waals surface area contributed by atoms with Gasteiger partial charge in [-0.2, -0.15) is 0 Å². The number of unbranched alkanes of at least 4 members (excludes halogenated alkanes) is 1. The molecule has 0 saturated heterocycles. The van der Waals surface area contributed by atoms with Crippen molar-refractivity contribution in [2.45, 2.75) is 57.7 Å². The number of hydrogen-bond acceptors (Lipinski definition) is 3. The second kappa shape index (κ2) is 11.5. The van der Waals surface area contributed by atoms with Gasteiger partial charge in [0, 0.05) is 18.2 Å². The molecular weight excluding hydrogens is 336 g/mol. The minimum absolute atomic E-state index is 0.158. The van der Waals surface area contributed by atoms with E-state index in [0.717, 1.165) is 12.0 Å². The van der Waals surface area contributed by atoms with Crippen LogP contribution in [-0.4, -0.2) is 35.7 Å². The molecule has 0 aromatic heterocycles. The Kier molecular flexibility index (Phi) is 9.02. The van der Waals surface area contributed by atoms with Gasteiger partial charge in [0.25, 0.3) is 5.91 Å². The van der Waals surface area contributed by atoms with E-state index in [1.807, 2.05) is 48.5 Å². The fourth-order valence-electron chi connectivity index (χ4n) is 3.07. The third-order valence-electron chi connectivity index (χ3n) is 4.78. The second-order valence-corrected chi connectivity index (χ2v) is 7.15. The Morgan fingerprint density at radius 1 is 1.04 bits per heavy atom. The highest BCUT2D eigenvalue weighted by molar-refractivity contribution is 5.94. The summed E-state index contributed by atoms with van der Waals surface area (Å²) < 4.78 is 0. The van der Waals surface area contributed by atoms with E-state index in [1.54, 1.807) is 12.1 Å². The molecular formula is C23H32N2O2. The molecule has 146 valence electrons. The number of benzene rings is 2. The minimum atomic E-state index is -0.665. The average Bonchev–Trinajstić information content (AvgIpc) is 2.71. The summed E-state index contributed by atoms with van der Waals surface area (Å²) in [5.41, 5.74) is 1.70. The van der Waals surface area contributed by atoms with Crippen LogP contribution in [0.15, 0.2) is 60.7 Å². The topological polar surface area (TPSA) is 61.4 Å². The first-order valence-corrected chi connectivity index (χ1v) is 9.91. The molecule has 4 nitrogen and oxygen atoms in total. The highest BCUT2D eigenvalue weighted by atomic mass is 16.3. The Hall–Kier alpha value is -2.17. The van der Waals surface area contributed by atoms with Gasteiger partial charge in [-0.3, -0.25) is 4.79 Å². The van der Waals surface area contributed by atoms with E-state index in [2.05, 4.69) is 24.5 Å². The van der Waals surface area contributed by atoms with Crippen LogP contribution in [0.1, 0.15) is 49.0 Å². The monoisotopic (exact) mass is 368 g/mol. The fraction of sp³-hybridized carbons (Fsp3) is 0.435. The summed E-state index contributed by atoms with van der Waals surface area (Å²) in [6, 6.07) is 19.1. The molecule has 0 aliphatic rings. The van der Waals surface area contributed by atoms with Crippen LogP contribution in [0, 0.1) is 0 Å². The van der Waals surface area contributed by atoms with Crippen LogP contribution >= 0.6 is 0 Å². The number of amides is 1. The standard InChI is InChI=1S/C23H32N2O2/c1-3-4-11-18(2)24-17-22(26)21(16-19-12-7-5-8-13-19)25-23(27)20-14-9-6-10-15-20/h5-10,12-15,18,21-22,24,26H,3-4,11,16-17H2,1-2H3,(H,25,27)/t18?,21-,22+/m0/s1. The van der Waals surface area contributed by atoms with Gasteiger partial charge in [-0.1, -0.05) is 68.3 Å². The highest BCUT2D eigenvalue weighted by Gasteiger charge is 2.22. The van der Waals surface area contributed by atoms with Crippen LogP contribution < -0.4 is 10.6 Å². The van der Waals surface area contributed by atoms with Gasteiger partial charge in [-0.15, -0.1) is 0 Å². The molecule has 2 aromatic rings. The molecule has 0 bridgehead atoms. The van der Waals surface area contributed by atoms with Crippen molar-refractivity contribution >= 4 is 5.91 Å². The van der Waals surface area contributed by atoms with Crippen molar-refractivity contribution in [3.63, 3.8) is 0 Å². The first-order chi connectivity index (χ1) is 13.1. The predicted molar refractivity (Wildman–Crippen MR) is 111 cm³/mol. The zero-order valence-corrected chi connectivity index (χ0v) is 16.4. The molecule has 2 rings (SSSR count). The summed E-state index contributed by atoms with van der Waals surface area (Å²) >= 11 is 0. The van der Waals surface area contributed by atoms with Crippen molar-refractivity contribution in [1.29, 1.82) is 0 Å². The van der Waals surface area contributed by atoms with Gasteiger partial charge in [0.2, 0.25) is 0 Å². The van der Waals surface area contributed by atoms with Crippen LogP contribution in [0.5, 0.6) is 0 Å². The van der Waals surface area contributed by atoms with Gasteiger partial charge in [0.1, 0.15) is 0 Å². The van der Waals surface area contributed by atoms with E-state index in [4.69, 9.17) is 0 Å². The Morgan fingerprint density at radius 2 is 1.67 bits per heavy atom. The van der Waals surface area contributed by atoms with Crippen LogP contribution in [-0.2, 0) is 6.42 Å². The predicted octanol–water partition coefficient (Wildman–Crippen LogP) is 3.56. The molecule has 0 spiro atoms. The highest BCUT2D eigenvalue weighted by Crippen LogP contribution is 2.09. The minimum Gasteiger partial charge on any atom is -0.390 e. The lowest BCUT2D eigenvalue weighted by Crippen LogP contribution is -2.49. The van der Waals surface area contributed by atoms with Crippen LogP contribution in [0.2, 0.25) is 0 Å². The molecule has 0 fully saturated rings. The summed E-state index contributed by atoms with van der Waals surface area (Å²) in [5.74, 6) is -0.158. The van der Waals surface area contributed by atoms with Gasteiger partial charge in [0.05, 0.1) is 12.1 Å². The zero-order chi connectivity index (χ0) is 19.5. The van der Waals surface area contributed by atoms with Crippen molar-refractivity contribution in [1.82, 2.24) is 10.6 Å². The first-order valence-electron chi connectivity index (χ1n) is 9.91. The van der Waals surface area contributed by atoms with Crippen molar-refractivity contribution < 1.29 is 9.90 Å². The van der Waals surface area contributed by atoms with E-state index < -0.39 is 6.10 Å². The largest absolute Gasteiger partial charge is 0.390 e. The third-order valence-corrected chi connectivity index (χ3v) is 4.78. The van der Waals surface area contributed by atoms with Gasteiger partial charge < -0.3 is 15.7 Å². The maximum atomic E-state index is 12.6. The Labute approximate surface area is 163 Å². The number of nitrogens with one attached hydrogen (secondary N) is 2. The smallest absolute Gasteiger partial charge is 0.251 e. The van der Waals surface area contributed by atoms with E-state index in [-0.39, 0.29) is 11.9 Å². The van der Waals surface area contributed by atoms with Gasteiger partial charge in [-0.25, -0.2) is 0 Å². The maximum Gasteiger partial charge on any atom is 0.251 e. The number of aliphatic hydroxyl groups excluding tert-OH is 1. The van der Waals surface area contributed by atoms with Crippen LogP contribution in [0.3, 0.4) is 0 Å². The third kappa shape index (κ3) is 7.53. The molecule has 27 heavy (non-hydrogen) atoms. The molecule has 0 radical (unpaired) electrons. The molecule has 0 aliphatic heterocycles. The maximum absolute atomic E-state index is 12.6. The average molecular weight is 369 g/mol. The zero-order valence-electron chi connectivity index (χ0n) is 16.4. The molecule has 1 unspecified atom stereocenters. The lowest BCUT2D eigenvalue weighted by Gasteiger charge is -2.26. The molecule has 0 heterocycles. The molecule has 3 N–H and O–H groups in total. The van der Waals surface area contributed by atoms with E-state index >= 15 is 0 Å².